The van der Waals surface area contributed by atoms with Crippen LogP contribution in [0.1, 0.15) is 39.2 Å². The quantitative estimate of drug-likeness (QED) is 0.876. The number of hydrogen-bond acceptors (Lipinski definition) is 3. The van der Waals surface area contributed by atoms with Crippen LogP contribution in [0.3, 0.4) is 0 Å². The minimum Gasteiger partial charge on any atom is -0.444 e. The van der Waals surface area contributed by atoms with Crippen LogP contribution in [0.2, 0.25) is 0 Å². The molecule has 2 rings (SSSR count). The number of amides is 1. The molecule has 1 fully saturated rings. The zero-order valence-electron chi connectivity index (χ0n) is 11.2. The van der Waals surface area contributed by atoms with E-state index in [4.69, 9.17) is 4.74 Å². The maximum Gasteiger partial charge on any atom is 0.408 e. The maximum absolute atomic E-state index is 11.9. The van der Waals surface area contributed by atoms with Gasteiger partial charge in [0.15, 0.2) is 0 Å². The van der Waals surface area contributed by atoms with Gasteiger partial charge in [-0.05, 0) is 55.6 Å². The van der Waals surface area contributed by atoms with Crippen LogP contribution in [0, 0.1) is 0 Å². The number of pyridine rings is 1. The summed E-state index contributed by atoms with van der Waals surface area (Å²) in [6, 6.07) is 1.74. The van der Waals surface area contributed by atoms with Gasteiger partial charge in [-0.15, -0.1) is 0 Å². The van der Waals surface area contributed by atoms with Crippen LogP contribution < -0.4 is 10.9 Å². The predicted octanol–water partition coefficient (Wildman–Crippen LogP) is 2.65. The topological polar surface area (TPSA) is 71.2 Å². The first-order valence-corrected chi connectivity index (χ1v) is 6.91. The smallest absolute Gasteiger partial charge is 0.408 e. The van der Waals surface area contributed by atoms with Crippen molar-refractivity contribution in [2.24, 2.45) is 0 Å². The lowest BCUT2D eigenvalue weighted by atomic mass is 10.1. The number of carbonyl (C=O) groups is 1. The standard InChI is InChI=1S/C13H17BrN2O3/c1-12(2,3)19-11(18)16-13(4-5-13)9-6-8(14)7-15-10(9)17/h6-7H,4-5H2,1-3H3,(H,15,17)(H,16,18). The molecular weight excluding hydrogens is 312 g/mol. The van der Waals surface area contributed by atoms with Crippen LogP contribution in [-0.4, -0.2) is 16.7 Å². The van der Waals surface area contributed by atoms with Crippen molar-refractivity contribution in [3.63, 3.8) is 0 Å². The van der Waals surface area contributed by atoms with Crippen molar-refractivity contribution >= 4 is 22.0 Å². The molecule has 0 saturated heterocycles. The Morgan fingerprint density at radius 2 is 2.11 bits per heavy atom. The van der Waals surface area contributed by atoms with E-state index >= 15 is 0 Å². The molecule has 0 unspecified atom stereocenters. The summed E-state index contributed by atoms with van der Waals surface area (Å²) in [6.45, 7) is 5.41. The van der Waals surface area contributed by atoms with Crippen molar-refractivity contribution in [2.45, 2.75) is 44.8 Å². The van der Waals surface area contributed by atoms with Gasteiger partial charge in [-0.1, -0.05) is 0 Å². The number of halogens is 1. The number of ether oxygens (including phenoxy) is 1. The Bertz CT molecular complexity index is 556. The van der Waals surface area contributed by atoms with Crippen LogP contribution in [0.25, 0.3) is 0 Å². The zero-order valence-corrected chi connectivity index (χ0v) is 12.8. The average Bonchev–Trinajstić information content (AvgIpc) is 2.99. The number of carbonyl (C=O) groups excluding carboxylic acids is 1. The fourth-order valence-electron chi connectivity index (χ4n) is 1.90. The van der Waals surface area contributed by atoms with E-state index in [0.29, 0.717) is 5.56 Å². The second-order valence-corrected chi connectivity index (χ2v) is 6.69. The number of nitrogens with one attached hydrogen (secondary N) is 2. The molecule has 0 spiro atoms. The van der Waals surface area contributed by atoms with Gasteiger partial charge < -0.3 is 15.0 Å². The Hall–Kier alpha value is -1.30. The van der Waals surface area contributed by atoms with Gasteiger partial charge in [0.1, 0.15) is 5.60 Å². The summed E-state index contributed by atoms with van der Waals surface area (Å²) in [4.78, 5) is 26.3. The lowest BCUT2D eigenvalue weighted by Gasteiger charge is -2.23. The van der Waals surface area contributed by atoms with Gasteiger partial charge in [-0.25, -0.2) is 4.79 Å². The Balaban J connectivity index is 2.18. The Morgan fingerprint density at radius 3 is 2.63 bits per heavy atom. The van der Waals surface area contributed by atoms with Gasteiger partial charge in [0.25, 0.3) is 5.56 Å². The molecule has 0 atom stereocenters. The molecule has 0 aliphatic heterocycles. The van der Waals surface area contributed by atoms with E-state index in [-0.39, 0.29) is 5.56 Å². The number of hydrogen-bond donors (Lipinski definition) is 2. The van der Waals surface area contributed by atoms with Crippen molar-refractivity contribution in [1.29, 1.82) is 0 Å². The lowest BCUT2D eigenvalue weighted by Crippen LogP contribution is -2.41. The van der Waals surface area contributed by atoms with Gasteiger partial charge in [-0.3, -0.25) is 4.79 Å². The Kier molecular flexibility index (Phi) is 3.47. The molecule has 2 N–H and O–H groups in total. The van der Waals surface area contributed by atoms with Gasteiger partial charge in [0.2, 0.25) is 0 Å². The molecule has 19 heavy (non-hydrogen) atoms. The van der Waals surface area contributed by atoms with Crippen molar-refractivity contribution in [2.75, 3.05) is 0 Å². The van der Waals surface area contributed by atoms with E-state index in [0.717, 1.165) is 17.3 Å². The van der Waals surface area contributed by atoms with E-state index in [2.05, 4.69) is 26.2 Å². The van der Waals surface area contributed by atoms with E-state index in [1.54, 1.807) is 33.0 Å². The monoisotopic (exact) mass is 328 g/mol. The molecular formula is C13H17BrN2O3. The number of alkyl carbamates (subject to hydrolysis) is 1. The molecule has 1 saturated carbocycles. The molecule has 0 radical (unpaired) electrons. The van der Waals surface area contributed by atoms with E-state index in [1.165, 1.54) is 0 Å². The van der Waals surface area contributed by atoms with E-state index in [1.807, 2.05) is 0 Å². The summed E-state index contributed by atoms with van der Waals surface area (Å²) in [5, 5.41) is 2.81. The van der Waals surface area contributed by atoms with Gasteiger partial charge in [0.05, 0.1) is 5.54 Å². The van der Waals surface area contributed by atoms with Gasteiger partial charge in [0, 0.05) is 16.2 Å². The van der Waals surface area contributed by atoms with Crippen LogP contribution in [-0.2, 0) is 10.3 Å². The SMILES string of the molecule is CC(C)(C)OC(=O)NC1(c2cc(Br)c[nH]c2=O)CC1. The summed E-state index contributed by atoms with van der Waals surface area (Å²) in [6.07, 6.45) is 2.57. The largest absolute Gasteiger partial charge is 0.444 e. The van der Waals surface area contributed by atoms with Gasteiger partial charge >= 0.3 is 6.09 Å². The van der Waals surface area contributed by atoms with Gasteiger partial charge in [-0.2, -0.15) is 0 Å². The number of H-pyrrole nitrogens is 1. The summed E-state index contributed by atoms with van der Waals surface area (Å²) in [5.74, 6) is 0. The van der Waals surface area contributed by atoms with Crippen molar-refractivity contribution in [3.05, 3.63) is 32.7 Å². The van der Waals surface area contributed by atoms with Crippen LogP contribution >= 0.6 is 15.9 Å². The predicted molar refractivity (Wildman–Crippen MR) is 75.0 cm³/mol. The first-order valence-electron chi connectivity index (χ1n) is 6.12. The van der Waals surface area contributed by atoms with Crippen molar-refractivity contribution in [3.8, 4) is 0 Å². The molecule has 1 amide bonds. The van der Waals surface area contributed by atoms with Crippen LogP contribution in [0.15, 0.2) is 21.5 Å². The molecule has 6 heteroatoms. The average molecular weight is 329 g/mol. The highest BCUT2D eigenvalue weighted by molar-refractivity contribution is 9.10. The fourth-order valence-corrected chi connectivity index (χ4v) is 2.24. The number of aromatic nitrogens is 1. The third-order valence-electron chi connectivity index (χ3n) is 2.87. The molecule has 1 aromatic heterocycles. The summed E-state index contributed by atoms with van der Waals surface area (Å²) in [7, 11) is 0. The maximum atomic E-state index is 11.9. The third-order valence-corrected chi connectivity index (χ3v) is 3.33. The third kappa shape index (κ3) is 3.37. The number of rotatable bonds is 2. The molecule has 1 aliphatic carbocycles. The normalized spacial score (nSPS) is 16.8. The molecule has 0 aromatic carbocycles. The fraction of sp³-hybridized carbons (Fsp3) is 0.538. The zero-order chi connectivity index (χ0) is 14.3. The van der Waals surface area contributed by atoms with E-state index < -0.39 is 17.2 Å². The van der Waals surface area contributed by atoms with Crippen LogP contribution in [0.4, 0.5) is 4.79 Å². The second kappa shape index (κ2) is 4.67. The highest BCUT2D eigenvalue weighted by Gasteiger charge is 2.48. The molecule has 5 nitrogen and oxygen atoms in total. The lowest BCUT2D eigenvalue weighted by molar-refractivity contribution is 0.0495. The minimum absolute atomic E-state index is 0.184. The molecule has 1 heterocycles. The second-order valence-electron chi connectivity index (χ2n) is 5.77. The first kappa shape index (κ1) is 14.1. The molecule has 0 bridgehead atoms. The highest BCUT2D eigenvalue weighted by atomic mass is 79.9. The summed E-state index contributed by atoms with van der Waals surface area (Å²) >= 11 is 3.32. The summed E-state index contributed by atoms with van der Waals surface area (Å²) < 4.78 is 6.01. The Labute approximate surface area is 119 Å². The number of aromatic amines is 1. The van der Waals surface area contributed by atoms with E-state index in [9.17, 15) is 9.59 Å². The highest BCUT2D eigenvalue weighted by Crippen LogP contribution is 2.44. The minimum atomic E-state index is -0.584. The van der Waals surface area contributed by atoms with Crippen molar-refractivity contribution < 1.29 is 9.53 Å². The first-order chi connectivity index (χ1) is 8.72. The Morgan fingerprint density at radius 1 is 1.47 bits per heavy atom. The molecule has 1 aromatic rings. The summed E-state index contributed by atoms with van der Waals surface area (Å²) in [5.41, 5.74) is -0.756. The molecule has 104 valence electrons. The van der Waals surface area contributed by atoms with Crippen LogP contribution in [0.5, 0.6) is 0 Å². The molecule has 1 aliphatic rings. The van der Waals surface area contributed by atoms with Crippen molar-refractivity contribution in [1.82, 2.24) is 10.3 Å².